The number of hydrogen-bond acceptors (Lipinski definition) is 5. The number of morpholine rings is 1. The first-order valence-electron chi connectivity index (χ1n) is 10.8. The highest BCUT2D eigenvalue weighted by Gasteiger charge is 2.29. The van der Waals surface area contributed by atoms with Crippen molar-refractivity contribution in [3.63, 3.8) is 0 Å². The number of nitrogens with zero attached hydrogens (tertiary/aromatic N) is 2. The molecular weight excluding hydrogens is 414 g/mol. The number of sulfonamides is 1. The lowest BCUT2D eigenvalue weighted by atomic mass is 10.1. The summed E-state index contributed by atoms with van der Waals surface area (Å²) in [6.45, 7) is 5.56. The van der Waals surface area contributed by atoms with E-state index in [1.54, 1.807) is 12.1 Å². The zero-order valence-corrected chi connectivity index (χ0v) is 18.7. The molecule has 2 aliphatic heterocycles. The van der Waals surface area contributed by atoms with E-state index in [9.17, 15) is 13.2 Å². The zero-order valence-electron chi connectivity index (χ0n) is 17.8. The predicted octanol–water partition coefficient (Wildman–Crippen LogP) is 2.55. The second kappa shape index (κ2) is 9.38. The first-order chi connectivity index (χ1) is 14.9. The SMILES string of the molecule is Cc1ccc(CNC(=O)c2cc(S(=O)(=O)N3CCOCC3)ccc2N2CCCC2)cc1. The molecule has 0 bridgehead atoms. The van der Waals surface area contributed by atoms with Gasteiger partial charge in [0.2, 0.25) is 10.0 Å². The van der Waals surface area contributed by atoms with Gasteiger partial charge in [-0.05, 0) is 43.5 Å². The summed E-state index contributed by atoms with van der Waals surface area (Å²) in [7, 11) is -3.68. The van der Waals surface area contributed by atoms with E-state index in [-0.39, 0.29) is 10.8 Å². The molecule has 0 radical (unpaired) electrons. The monoisotopic (exact) mass is 443 g/mol. The Morgan fingerprint density at radius 1 is 1.00 bits per heavy atom. The third-order valence-corrected chi connectivity index (χ3v) is 7.74. The maximum absolute atomic E-state index is 13.2. The van der Waals surface area contributed by atoms with E-state index in [1.807, 2.05) is 31.2 Å². The van der Waals surface area contributed by atoms with Crippen LogP contribution < -0.4 is 10.2 Å². The average Bonchev–Trinajstić information content (AvgIpc) is 3.33. The van der Waals surface area contributed by atoms with Gasteiger partial charge in [0.1, 0.15) is 0 Å². The molecule has 8 heteroatoms. The van der Waals surface area contributed by atoms with Gasteiger partial charge >= 0.3 is 0 Å². The molecule has 2 fully saturated rings. The quantitative estimate of drug-likeness (QED) is 0.742. The Labute approximate surface area is 184 Å². The van der Waals surface area contributed by atoms with Gasteiger partial charge in [-0.1, -0.05) is 29.8 Å². The summed E-state index contributed by atoms with van der Waals surface area (Å²) in [4.78, 5) is 15.5. The van der Waals surface area contributed by atoms with Crippen molar-refractivity contribution in [3.8, 4) is 0 Å². The molecule has 0 atom stereocenters. The van der Waals surface area contributed by atoms with E-state index in [2.05, 4.69) is 10.2 Å². The minimum absolute atomic E-state index is 0.151. The van der Waals surface area contributed by atoms with Gasteiger partial charge in [0.05, 0.1) is 23.7 Å². The van der Waals surface area contributed by atoms with Crippen molar-refractivity contribution in [1.82, 2.24) is 9.62 Å². The molecule has 1 N–H and O–H groups in total. The molecule has 2 aliphatic rings. The average molecular weight is 444 g/mol. The van der Waals surface area contributed by atoms with Crippen molar-refractivity contribution < 1.29 is 17.9 Å². The molecular formula is C23H29N3O4S. The molecule has 0 aliphatic carbocycles. The van der Waals surface area contributed by atoms with Crippen LogP contribution in [0.4, 0.5) is 5.69 Å². The van der Waals surface area contributed by atoms with Crippen molar-refractivity contribution in [2.45, 2.75) is 31.2 Å². The van der Waals surface area contributed by atoms with E-state index in [0.717, 1.165) is 42.7 Å². The minimum atomic E-state index is -3.68. The molecule has 0 spiro atoms. The lowest BCUT2D eigenvalue weighted by Crippen LogP contribution is -2.40. The van der Waals surface area contributed by atoms with Crippen molar-refractivity contribution >= 4 is 21.6 Å². The predicted molar refractivity (Wildman–Crippen MR) is 120 cm³/mol. The fraction of sp³-hybridized carbons (Fsp3) is 0.435. The highest BCUT2D eigenvalue weighted by molar-refractivity contribution is 7.89. The minimum Gasteiger partial charge on any atom is -0.379 e. The van der Waals surface area contributed by atoms with Crippen molar-refractivity contribution in [1.29, 1.82) is 0 Å². The van der Waals surface area contributed by atoms with Crippen LogP contribution >= 0.6 is 0 Å². The topological polar surface area (TPSA) is 79.0 Å². The van der Waals surface area contributed by atoms with Gasteiger partial charge in [0.15, 0.2) is 0 Å². The van der Waals surface area contributed by atoms with Gasteiger partial charge in [0.25, 0.3) is 5.91 Å². The Bertz CT molecular complexity index is 1030. The van der Waals surface area contributed by atoms with Crippen molar-refractivity contribution in [3.05, 3.63) is 59.2 Å². The number of rotatable bonds is 6. The molecule has 2 saturated heterocycles. The molecule has 2 aromatic carbocycles. The van der Waals surface area contributed by atoms with Crippen LogP contribution in [0, 0.1) is 6.92 Å². The third kappa shape index (κ3) is 4.92. The molecule has 0 saturated carbocycles. The Hall–Kier alpha value is -2.42. The molecule has 31 heavy (non-hydrogen) atoms. The molecule has 0 unspecified atom stereocenters. The largest absolute Gasteiger partial charge is 0.379 e. The Morgan fingerprint density at radius 2 is 1.68 bits per heavy atom. The van der Waals surface area contributed by atoms with E-state index in [1.165, 1.54) is 10.4 Å². The maximum Gasteiger partial charge on any atom is 0.253 e. The number of nitrogens with one attached hydrogen (secondary N) is 1. The summed E-state index contributed by atoms with van der Waals surface area (Å²) < 4.78 is 33.0. The van der Waals surface area contributed by atoms with E-state index >= 15 is 0 Å². The van der Waals surface area contributed by atoms with E-state index in [4.69, 9.17) is 4.74 Å². The molecule has 166 valence electrons. The van der Waals surface area contributed by atoms with Gasteiger partial charge in [-0.2, -0.15) is 4.31 Å². The van der Waals surface area contributed by atoms with E-state index in [0.29, 0.717) is 38.4 Å². The molecule has 0 aromatic heterocycles. The summed E-state index contributed by atoms with van der Waals surface area (Å²) in [5, 5.41) is 2.96. The number of carbonyl (C=O) groups is 1. The standard InChI is InChI=1S/C23H29N3O4S/c1-18-4-6-19(7-5-18)17-24-23(27)21-16-20(8-9-22(21)25-10-2-3-11-25)31(28,29)26-12-14-30-15-13-26/h4-9,16H,2-3,10-15,17H2,1H3,(H,24,27). The van der Waals surface area contributed by atoms with Gasteiger partial charge in [0, 0.05) is 38.4 Å². The number of hydrogen-bond donors (Lipinski definition) is 1. The second-order valence-electron chi connectivity index (χ2n) is 8.06. The van der Waals surface area contributed by atoms with Crippen molar-refractivity contribution in [2.75, 3.05) is 44.3 Å². The van der Waals surface area contributed by atoms with Gasteiger partial charge < -0.3 is 15.0 Å². The number of amides is 1. The van der Waals surface area contributed by atoms with Crippen LogP contribution in [0.15, 0.2) is 47.4 Å². The van der Waals surface area contributed by atoms with Crippen LogP contribution in [-0.2, 0) is 21.3 Å². The van der Waals surface area contributed by atoms with Gasteiger partial charge in [-0.3, -0.25) is 4.79 Å². The van der Waals surface area contributed by atoms with Gasteiger partial charge in [-0.15, -0.1) is 0 Å². The summed E-state index contributed by atoms with van der Waals surface area (Å²) in [6.07, 6.45) is 2.14. The Morgan fingerprint density at radius 3 is 2.35 bits per heavy atom. The maximum atomic E-state index is 13.2. The normalized spacial score (nSPS) is 17.6. The first-order valence-corrected chi connectivity index (χ1v) is 12.2. The highest BCUT2D eigenvalue weighted by atomic mass is 32.2. The lowest BCUT2D eigenvalue weighted by molar-refractivity contribution is 0.0730. The van der Waals surface area contributed by atoms with Crippen LogP contribution in [0.3, 0.4) is 0 Å². The second-order valence-corrected chi connectivity index (χ2v) is 10.00. The van der Waals surface area contributed by atoms with Crippen LogP contribution in [0.5, 0.6) is 0 Å². The van der Waals surface area contributed by atoms with Crippen LogP contribution in [0.2, 0.25) is 0 Å². The van der Waals surface area contributed by atoms with Crippen LogP contribution in [0.1, 0.15) is 34.3 Å². The smallest absolute Gasteiger partial charge is 0.253 e. The summed E-state index contributed by atoms with van der Waals surface area (Å²) in [6, 6.07) is 12.9. The summed E-state index contributed by atoms with van der Waals surface area (Å²) in [5.41, 5.74) is 3.36. The van der Waals surface area contributed by atoms with Crippen LogP contribution in [0.25, 0.3) is 0 Å². The zero-order chi connectivity index (χ0) is 21.8. The number of anilines is 1. The Kier molecular flexibility index (Phi) is 6.60. The number of aryl methyl sites for hydroxylation is 1. The number of benzene rings is 2. The van der Waals surface area contributed by atoms with Crippen LogP contribution in [-0.4, -0.2) is 58.0 Å². The van der Waals surface area contributed by atoms with Gasteiger partial charge in [-0.25, -0.2) is 8.42 Å². The highest BCUT2D eigenvalue weighted by Crippen LogP contribution is 2.29. The molecule has 7 nitrogen and oxygen atoms in total. The molecule has 4 rings (SSSR count). The fourth-order valence-corrected chi connectivity index (χ4v) is 5.45. The summed E-state index contributed by atoms with van der Waals surface area (Å²) in [5.74, 6) is -0.262. The first kappa shape index (κ1) is 21.8. The fourth-order valence-electron chi connectivity index (χ4n) is 4.01. The molecule has 2 aromatic rings. The van der Waals surface area contributed by atoms with E-state index < -0.39 is 10.0 Å². The Balaban J connectivity index is 1.61. The number of carbonyl (C=O) groups excluding carboxylic acids is 1. The summed E-state index contributed by atoms with van der Waals surface area (Å²) >= 11 is 0. The third-order valence-electron chi connectivity index (χ3n) is 5.84. The number of ether oxygens (including phenoxy) is 1. The van der Waals surface area contributed by atoms with Crippen molar-refractivity contribution in [2.24, 2.45) is 0 Å². The molecule has 2 heterocycles. The lowest BCUT2D eigenvalue weighted by Gasteiger charge is -2.27. The molecule has 1 amide bonds.